The fourth-order valence-electron chi connectivity index (χ4n) is 3.09. The minimum Gasteiger partial charge on any atom is -0.353 e. The number of nitrogens with one attached hydrogen (secondary N) is 3. The van der Waals surface area contributed by atoms with Gasteiger partial charge in [-0.25, -0.2) is 5.48 Å². The van der Waals surface area contributed by atoms with Gasteiger partial charge in [0, 0.05) is 6.21 Å². The number of halogens is 1. The van der Waals surface area contributed by atoms with E-state index in [4.69, 9.17) is 40.9 Å². The second-order valence-corrected chi connectivity index (χ2v) is 11.7. The van der Waals surface area contributed by atoms with Gasteiger partial charge in [0.05, 0.1) is 24.9 Å². The molecule has 34 heavy (non-hydrogen) atoms. The molecule has 1 aromatic heterocycles. The van der Waals surface area contributed by atoms with E-state index in [-0.39, 0.29) is 35.7 Å². The van der Waals surface area contributed by atoms with Crippen molar-refractivity contribution in [2.75, 3.05) is 23.3 Å². The van der Waals surface area contributed by atoms with Crippen molar-refractivity contribution in [1.29, 1.82) is 5.41 Å². The molecule has 186 valence electrons. The molecule has 0 amide bonds. The number of nitrogens with zero attached hydrogens (tertiary/aromatic N) is 2. The number of rotatable bonds is 12. The average molecular weight is 536 g/mol. The van der Waals surface area contributed by atoms with E-state index in [0.29, 0.717) is 12.8 Å². The van der Waals surface area contributed by atoms with Crippen molar-refractivity contribution < 1.29 is 37.9 Å². The third-order valence-electron chi connectivity index (χ3n) is 4.54. The predicted molar refractivity (Wildman–Crippen MR) is 124 cm³/mol. The summed E-state index contributed by atoms with van der Waals surface area (Å²) in [4.78, 5) is 40.9. The highest BCUT2D eigenvalue weighted by atomic mass is 35.5. The summed E-state index contributed by atoms with van der Waals surface area (Å²) in [6.07, 6.45) is 0.747. The van der Waals surface area contributed by atoms with Crippen molar-refractivity contribution >= 4 is 44.6 Å². The minimum absolute atomic E-state index is 0.101. The molecule has 1 aliphatic heterocycles. The number of aromatic nitrogens is 2. The van der Waals surface area contributed by atoms with E-state index in [1.807, 2.05) is 30.3 Å². The summed E-state index contributed by atoms with van der Waals surface area (Å²) in [5.41, 5.74) is 3.86. The van der Waals surface area contributed by atoms with E-state index in [1.54, 1.807) is 0 Å². The Labute approximate surface area is 200 Å². The lowest BCUT2D eigenvalue weighted by Gasteiger charge is -2.19. The van der Waals surface area contributed by atoms with Gasteiger partial charge in [-0.1, -0.05) is 30.3 Å². The molecule has 13 nitrogen and oxygen atoms in total. The summed E-state index contributed by atoms with van der Waals surface area (Å²) in [5, 5.41) is 10.6. The topological polar surface area (TPSA) is 196 Å². The average Bonchev–Trinajstić information content (AvgIpc) is 3.19. The van der Waals surface area contributed by atoms with Crippen LogP contribution in [-0.4, -0.2) is 55.7 Å². The molecule has 0 spiro atoms. The van der Waals surface area contributed by atoms with Gasteiger partial charge < -0.3 is 34.7 Å². The summed E-state index contributed by atoms with van der Waals surface area (Å²) in [6, 6.07) is 9.42. The Morgan fingerprint density at radius 2 is 1.88 bits per heavy atom. The van der Waals surface area contributed by atoms with Crippen LogP contribution in [0.1, 0.15) is 24.0 Å². The molecule has 3 atom stereocenters. The van der Waals surface area contributed by atoms with Crippen LogP contribution in [0.15, 0.2) is 30.3 Å². The Morgan fingerprint density at radius 1 is 1.18 bits per heavy atom. The normalized spacial score (nSPS) is 20.0. The fraction of sp³-hybridized carbons (Fsp3) is 0.389. The zero-order valence-corrected chi connectivity index (χ0v) is 20.2. The van der Waals surface area contributed by atoms with Crippen molar-refractivity contribution in [3.8, 4) is 0 Å². The van der Waals surface area contributed by atoms with Crippen LogP contribution < -0.4 is 10.8 Å². The molecule has 1 aliphatic rings. The lowest BCUT2D eigenvalue weighted by Crippen LogP contribution is -2.24. The first-order chi connectivity index (χ1) is 16.0. The van der Waals surface area contributed by atoms with Gasteiger partial charge in [0.1, 0.15) is 12.0 Å². The molecule has 0 radical (unpaired) electrons. The highest BCUT2D eigenvalue weighted by Crippen LogP contribution is 2.55. The summed E-state index contributed by atoms with van der Waals surface area (Å²) in [6.45, 7) is -0.0825. The summed E-state index contributed by atoms with van der Waals surface area (Å²) < 4.78 is 33.3. The molecule has 1 aromatic carbocycles. The first kappa shape index (κ1) is 26.7. The smallest absolute Gasteiger partial charge is 0.340 e. The van der Waals surface area contributed by atoms with Gasteiger partial charge in [-0.05, 0) is 30.0 Å². The van der Waals surface area contributed by atoms with E-state index in [9.17, 15) is 14.0 Å². The van der Waals surface area contributed by atoms with Gasteiger partial charge in [-0.2, -0.15) is 9.97 Å². The Bertz CT molecular complexity index is 1090. The number of benzene rings is 1. The van der Waals surface area contributed by atoms with Crippen LogP contribution in [0.25, 0.3) is 0 Å². The Hall–Kier alpha value is -1.92. The Kier molecular flexibility index (Phi) is 9.16. The second-order valence-electron chi connectivity index (χ2n) is 7.33. The Morgan fingerprint density at radius 3 is 2.56 bits per heavy atom. The minimum atomic E-state index is -4.71. The van der Waals surface area contributed by atoms with Crippen LogP contribution in [0.4, 0.5) is 11.6 Å². The van der Waals surface area contributed by atoms with Crippen LogP contribution in [0.2, 0.25) is 5.28 Å². The quantitative estimate of drug-likeness (QED) is 0.101. The third kappa shape index (κ3) is 8.38. The van der Waals surface area contributed by atoms with Crippen molar-refractivity contribution in [2.24, 2.45) is 0 Å². The zero-order chi connectivity index (χ0) is 24.8. The first-order valence-corrected chi connectivity index (χ1v) is 13.9. The van der Waals surface area contributed by atoms with E-state index in [0.717, 1.165) is 11.8 Å². The van der Waals surface area contributed by atoms with Crippen LogP contribution >= 0.6 is 26.8 Å². The third-order valence-corrected chi connectivity index (χ3v) is 8.17. The molecule has 16 heteroatoms. The molecule has 0 bridgehead atoms. The van der Waals surface area contributed by atoms with Gasteiger partial charge in [0.25, 0.3) is 0 Å². The van der Waals surface area contributed by atoms with Gasteiger partial charge >= 0.3 is 15.2 Å². The fourth-order valence-corrected chi connectivity index (χ4v) is 5.85. The van der Waals surface area contributed by atoms with E-state index >= 15 is 0 Å². The van der Waals surface area contributed by atoms with Crippen molar-refractivity contribution in [2.45, 2.75) is 31.8 Å². The van der Waals surface area contributed by atoms with E-state index < -0.39 is 33.4 Å². The molecular formula is C18H24ClN5O8P2. The lowest BCUT2D eigenvalue weighted by molar-refractivity contribution is 0.0275. The van der Waals surface area contributed by atoms with Crippen molar-refractivity contribution in [3.63, 3.8) is 0 Å². The van der Waals surface area contributed by atoms with Gasteiger partial charge in [-0.15, -0.1) is 0 Å². The number of ether oxygens (including phenoxy) is 1. The number of anilines is 2. The van der Waals surface area contributed by atoms with Crippen LogP contribution in [0.5, 0.6) is 0 Å². The maximum absolute atomic E-state index is 11.8. The molecule has 0 saturated carbocycles. The molecule has 3 rings (SSSR count). The van der Waals surface area contributed by atoms with Crippen LogP contribution in [-0.2, 0) is 29.8 Å². The maximum atomic E-state index is 11.8. The summed E-state index contributed by atoms with van der Waals surface area (Å²) in [5.74, 6) is -0.884. The zero-order valence-electron chi connectivity index (χ0n) is 17.7. The standard InChI is InChI=1S/C18H24ClN5O8P2/c19-18-22-16(14(8-20)17(23-18)24-30-9-12-4-2-1-3-5-12)21-15-7-6-13(32-15)10-31-34(28,29)11-33(25,26)27/h1-5,8,13,15,20H,6-7,9-11H2,(H,28,29)(H2,25,26,27)(H2,21,22,23,24)/t13-,15+/m0/s1. The number of hydrogen-bond donors (Lipinski definition) is 6. The second kappa shape index (κ2) is 11.7. The molecular weight excluding hydrogens is 512 g/mol. The van der Waals surface area contributed by atoms with Crippen LogP contribution in [0.3, 0.4) is 0 Å². The molecule has 2 heterocycles. The molecule has 2 aromatic rings. The lowest BCUT2D eigenvalue weighted by atomic mass is 10.2. The first-order valence-electron chi connectivity index (χ1n) is 9.97. The monoisotopic (exact) mass is 535 g/mol. The predicted octanol–water partition coefficient (Wildman–Crippen LogP) is 2.93. The highest BCUT2D eigenvalue weighted by Gasteiger charge is 2.34. The summed E-state index contributed by atoms with van der Waals surface area (Å²) >= 11 is 6.03. The van der Waals surface area contributed by atoms with E-state index in [1.165, 1.54) is 0 Å². The van der Waals surface area contributed by atoms with Gasteiger partial charge in [-0.3, -0.25) is 14.0 Å². The van der Waals surface area contributed by atoms with Gasteiger partial charge in [0.15, 0.2) is 11.7 Å². The summed E-state index contributed by atoms with van der Waals surface area (Å²) in [7, 11) is -9.17. The SMILES string of the molecule is N=Cc1c(NOCc2ccccc2)nc(Cl)nc1N[C@H]1CC[C@@H](COP(=O)(O)CP(=O)(O)O)O1. The van der Waals surface area contributed by atoms with Crippen molar-refractivity contribution in [3.05, 3.63) is 46.7 Å². The largest absolute Gasteiger partial charge is 0.353 e. The van der Waals surface area contributed by atoms with Crippen molar-refractivity contribution in [1.82, 2.24) is 9.97 Å². The maximum Gasteiger partial charge on any atom is 0.340 e. The molecule has 0 aliphatic carbocycles. The Balaban J connectivity index is 1.58. The van der Waals surface area contributed by atoms with Gasteiger partial charge in [0.2, 0.25) is 5.28 Å². The number of hydrogen-bond acceptors (Lipinski definition) is 10. The molecule has 1 unspecified atom stereocenters. The molecule has 6 N–H and O–H groups in total. The molecule has 1 saturated heterocycles. The van der Waals surface area contributed by atoms with E-state index in [2.05, 4.69) is 20.8 Å². The molecule has 1 fully saturated rings. The highest BCUT2D eigenvalue weighted by molar-refractivity contribution is 7.70. The van der Waals surface area contributed by atoms with Crippen LogP contribution in [0, 0.1) is 5.41 Å².